The lowest BCUT2D eigenvalue weighted by molar-refractivity contribution is 0.111. The zero-order valence-corrected chi connectivity index (χ0v) is 11.5. The molecule has 3 heterocycles. The Bertz CT molecular complexity index is 629. The van der Waals surface area contributed by atoms with E-state index in [0.717, 1.165) is 36.6 Å². The van der Waals surface area contributed by atoms with Gasteiger partial charge in [0.25, 0.3) is 0 Å². The van der Waals surface area contributed by atoms with Crippen LogP contribution in [0.2, 0.25) is 0 Å². The Kier molecular flexibility index (Phi) is 3.35. The van der Waals surface area contributed by atoms with Crippen molar-refractivity contribution in [1.29, 1.82) is 0 Å². The van der Waals surface area contributed by atoms with Gasteiger partial charge in [-0.25, -0.2) is 4.98 Å². The third kappa shape index (κ3) is 2.17. The normalized spacial score (nSPS) is 15.8. The van der Waals surface area contributed by atoms with Gasteiger partial charge in [-0.1, -0.05) is 6.08 Å². The molecule has 1 aliphatic heterocycles. The van der Waals surface area contributed by atoms with Gasteiger partial charge in [0, 0.05) is 31.8 Å². The van der Waals surface area contributed by atoms with Gasteiger partial charge in [-0.2, -0.15) is 0 Å². The molecule has 5 nitrogen and oxygen atoms in total. The van der Waals surface area contributed by atoms with Crippen LogP contribution in [0.4, 0.5) is 5.82 Å². The molecule has 0 saturated heterocycles. The lowest BCUT2D eigenvalue weighted by atomic mass is 10.1. The van der Waals surface area contributed by atoms with E-state index in [1.54, 1.807) is 18.4 Å². The van der Waals surface area contributed by atoms with Crippen LogP contribution in [0.25, 0.3) is 4.96 Å². The average Bonchev–Trinajstić information content (AvgIpc) is 3.00. The minimum Gasteiger partial charge on any atom is -0.380 e. The van der Waals surface area contributed by atoms with Gasteiger partial charge in [-0.3, -0.25) is 9.20 Å². The first-order valence-corrected chi connectivity index (χ1v) is 7.04. The van der Waals surface area contributed by atoms with Crippen LogP contribution >= 0.6 is 11.3 Å². The summed E-state index contributed by atoms with van der Waals surface area (Å²) in [5, 5.41) is 1.94. The second kappa shape index (κ2) is 5.14. The average molecular weight is 277 g/mol. The lowest BCUT2D eigenvalue weighted by Gasteiger charge is -2.26. The van der Waals surface area contributed by atoms with Gasteiger partial charge in [0.05, 0.1) is 6.61 Å². The molecular weight excluding hydrogens is 262 g/mol. The molecular formula is C13H15N3O2S. The molecule has 0 amide bonds. The van der Waals surface area contributed by atoms with E-state index in [2.05, 4.69) is 16.0 Å². The highest BCUT2D eigenvalue weighted by Gasteiger charge is 2.20. The number of imidazole rings is 1. The highest BCUT2D eigenvalue weighted by Crippen LogP contribution is 2.25. The highest BCUT2D eigenvalue weighted by atomic mass is 32.1. The molecule has 2 aromatic heterocycles. The van der Waals surface area contributed by atoms with Gasteiger partial charge in [-0.15, -0.1) is 11.3 Å². The molecule has 1 aliphatic rings. The largest absolute Gasteiger partial charge is 0.380 e. The number of hydrogen-bond acceptors (Lipinski definition) is 5. The maximum atomic E-state index is 11.3. The molecule has 0 atom stereocenters. The summed E-state index contributed by atoms with van der Waals surface area (Å²) in [6, 6.07) is 0. The first-order valence-electron chi connectivity index (χ1n) is 6.16. The molecule has 0 N–H and O–H groups in total. The standard InChI is InChI=1S/C13H15N3O2S/c1-18-9-10-2-4-15(5-3-10)12-11(8-17)16-6-7-19-13(16)14-12/h2,6-8H,3-5,9H2,1H3. The minimum atomic E-state index is 0.639. The molecule has 0 fully saturated rings. The topological polar surface area (TPSA) is 46.8 Å². The number of thiazole rings is 1. The summed E-state index contributed by atoms with van der Waals surface area (Å²) in [6.07, 6.45) is 5.89. The molecule has 6 heteroatoms. The van der Waals surface area contributed by atoms with Crippen molar-refractivity contribution in [2.45, 2.75) is 6.42 Å². The summed E-state index contributed by atoms with van der Waals surface area (Å²) in [5.74, 6) is 0.787. The van der Waals surface area contributed by atoms with E-state index < -0.39 is 0 Å². The van der Waals surface area contributed by atoms with Gasteiger partial charge in [0.2, 0.25) is 0 Å². The molecule has 0 spiro atoms. The number of hydrogen-bond donors (Lipinski definition) is 0. The van der Waals surface area contributed by atoms with Crippen molar-refractivity contribution in [2.75, 3.05) is 31.7 Å². The number of nitrogens with zero attached hydrogens (tertiary/aromatic N) is 3. The van der Waals surface area contributed by atoms with Crippen LogP contribution in [0.3, 0.4) is 0 Å². The molecule has 0 bridgehead atoms. The van der Waals surface area contributed by atoms with Gasteiger partial charge >= 0.3 is 0 Å². The monoisotopic (exact) mass is 277 g/mol. The highest BCUT2D eigenvalue weighted by molar-refractivity contribution is 7.15. The van der Waals surface area contributed by atoms with Crippen LogP contribution in [0.15, 0.2) is 23.2 Å². The van der Waals surface area contributed by atoms with E-state index in [9.17, 15) is 4.79 Å². The molecule has 19 heavy (non-hydrogen) atoms. The van der Waals surface area contributed by atoms with Crippen molar-refractivity contribution in [3.63, 3.8) is 0 Å². The molecule has 0 aliphatic carbocycles. The number of rotatable bonds is 4. The first kappa shape index (κ1) is 12.4. The predicted octanol–water partition coefficient (Wildman–Crippen LogP) is 1.99. The van der Waals surface area contributed by atoms with Crippen molar-refractivity contribution >= 4 is 28.4 Å². The number of aromatic nitrogens is 2. The zero-order valence-electron chi connectivity index (χ0n) is 10.7. The van der Waals surface area contributed by atoms with Crippen LogP contribution in [0.1, 0.15) is 16.9 Å². The number of fused-ring (bicyclic) bond motifs is 1. The van der Waals surface area contributed by atoms with Crippen LogP contribution in [0, 0.1) is 0 Å². The fourth-order valence-electron chi connectivity index (χ4n) is 2.35. The predicted molar refractivity (Wildman–Crippen MR) is 75.2 cm³/mol. The van der Waals surface area contributed by atoms with Crippen molar-refractivity contribution in [1.82, 2.24) is 9.38 Å². The van der Waals surface area contributed by atoms with E-state index in [1.807, 2.05) is 16.0 Å². The maximum Gasteiger partial charge on any atom is 0.196 e. The Morgan fingerprint density at radius 3 is 3.16 bits per heavy atom. The van der Waals surface area contributed by atoms with Crippen LogP contribution in [0.5, 0.6) is 0 Å². The maximum absolute atomic E-state index is 11.3. The van der Waals surface area contributed by atoms with Gasteiger partial charge in [-0.05, 0) is 12.0 Å². The number of carbonyl (C=O) groups excluding carboxylic acids is 1. The van der Waals surface area contributed by atoms with Gasteiger partial charge in [0.15, 0.2) is 17.1 Å². The van der Waals surface area contributed by atoms with Gasteiger partial charge in [0.1, 0.15) is 5.69 Å². The first-order chi connectivity index (χ1) is 9.33. The van der Waals surface area contributed by atoms with Crippen molar-refractivity contribution < 1.29 is 9.53 Å². The van der Waals surface area contributed by atoms with E-state index in [1.165, 1.54) is 5.57 Å². The summed E-state index contributed by atoms with van der Waals surface area (Å²) < 4.78 is 6.99. The van der Waals surface area contributed by atoms with Gasteiger partial charge < -0.3 is 9.64 Å². The third-order valence-corrected chi connectivity index (χ3v) is 4.08. The van der Waals surface area contributed by atoms with E-state index in [0.29, 0.717) is 12.3 Å². The Morgan fingerprint density at radius 2 is 2.47 bits per heavy atom. The van der Waals surface area contributed by atoms with E-state index >= 15 is 0 Å². The Labute approximate surface area is 115 Å². The Balaban J connectivity index is 1.89. The number of ether oxygens (including phenoxy) is 1. The SMILES string of the molecule is COCC1=CCN(c2nc3sccn3c2C=O)CC1. The third-order valence-electron chi connectivity index (χ3n) is 3.32. The van der Waals surface area contributed by atoms with E-state index in [4.69, 9.17) is 4.74 Å². The molecule has 0 saturated carbocycles. The Morgan fingerprint density at radius 1 is 1.58 bits per heavy atom. The van der Waals surface area contributed by atoms with Crippen LogP contribution in [-0.4, -0.2) is 42.5 Å². The zero-order chi connectivity index (χ0) is 13.2. The molecule has 100 valence electrons. The van der Waals surface area contributed by atoms with Crippen LogP contribution in [-0.2, 0) is 4.74 Å². The molecule has 3 rings (SSSR count). The summed E-state index contributed by atoms with van der Waals surface area (Å²) in [7, 11) is 1.71. The summed E-state index contributed by atoms with van der Waals surface area (Å²) in [5.41, 5.74) is 1.95. The second-order valence-corrected chi connectivity index (χ2v) is 5.36. The van der Waals surface area contributed by atoms with Crippen molar-refractivity contribution in [2.24, 2.45) is 0 Å². The number of anilines is 1. The molecule has 2 aromatic rings. The van der Waals surface area contributed by atoms with Crippen molar-refractivity contribution in [3.05, 3.63) is 28.9 Å². The number of aldehydes is 1. The molecule has 0 radical (unpaired) electrons. The number of carbonyl (C=O) groups is 1. The fourth-order valence-corrected chi connectivity index (χ4v) is 3.07. The summed E-state index contributed by atoms with van der Waals surface area (Å²) >= 11 is 1.54. The fraction of sp³-hybridized carbons (Fsp3) is 0.385. The molecule has 0 aromatic carbocycles. The second-order valence-electron chi connectivity index (χ2n) is 4.49. The quantitative estimate of drug-likeness (QED) is 0.633. The Hall–Kier alpha value is -1.66. The van der Waals surface area contributed by atoms with Crippen LogP contribution < -0.4 is 4.90 Å². The minimum absolute atomic E-state index is 0.639. The number of methoxy groups -OCH3 is 1. The lowest BCUT2D eigenvalue weighted by Crippen LogP contribution is -2.30. The van der Waals surface area contributed by atoms with E-state index in [-0.39, 0.29) is 0 Å². The summed E-state index contributed by atoms with van der Waals surface area (Å²) in [4.78, 5) is 18.9. The summed E-state index contributed by atoms with van der Waals surface area (Å²) in [6.45, 7) is 2.35. The molecule has 0 unspecified atom stereocenters. The smallest absolute Gasteiger partial charge is 0.196 e. The van der Waals surface area contributed by atoms with Crippen molar-refractivity contribution in [3.8, 4) is 0 Å².